The summed E-state index contributed by atoms with van der Waals surface area (Å²) in [6.07, 6.45) is 0.409. The van der Waals surface area contributed by atoms with Gasteiger partial charge in [0, 0.05) is 17.8 Å². The molecule has 1 aliphatic rings. The topological polar surface area (TPSA) is 57.6 Å². The molecule has 1 aromatic carbocycles. The Morgan fingerprint density at radius 2 is 2.11 bits per heavy atom. The van der Waals surface area contributed by atoms with E-state index in [1.165, 1.54) is 0 Å². The maximum Gasteiger partial charge on any atom is 0.337 e. The third-order valence-corrected chi connectivity index (χ3v) is 3.89. The molecular formula is C13H14BrNO3. The predicted molar refractivity (Wildman–Crippen MR) is 72.6 cm³/mol. The lowest BCUT2D eigenvalue weighted by atomic mass is 10.0. The van der Waals surface area contributed by atoms with Crippen molar-refractivity contribution in [2.45, 2.75) is 25.1 Å². The lowest BCUT2D eigenvalue weighted by Gasteiger charge is -2.22. The van der Waals surface area contributed by atoms with Gasteiger partial charge in [0.1, 0.15) is 0 Å². The van der Waals surface area contributed by atoms with Crippen LogP contribution in [0.25, 0.3) is 0 Å². The van der Waals surface area contributed by atoms with Crippen molar-refractivity contribution in [2.24, 2.45) is 0 Å². The van der Waals surface area contributed by atoms with Gasteiger partial charge < -0.3 is 10.0 Å². The first-order valence-corrected chi connectivity index (χ1v) is 6.61. The van der Waals surface area contributed by atoms with Crippen LogP contribution < -0.4 is 4.90 Å². The number of carboxylic acid groups (broad SMARTS) is 1. The molecule has 0 spiro atoms. The van der Waals surface area contributed by atoms with Gasteiger partial charge in [-0.15, -0.1) is 0 Å². The van der Waals surface area contributed by atoms with Crippen LogP contribution in [0.4, 0.5) is 5.69 Å². The molecule has 1 N–H and O–H groups in total. The molecule has 0 aliphatic carbocycles. The number of halogens is 1. The molecule has 96 valence electrons. The summed E-state index contributed by atoms with van der Waals surface area (Å²) < 4.78 is 0. The fourth-order valence-electron chi connectivity index (χ4n) is 2.20. The van der Waals surface area contributed by atoms with Gasteiger partial charge >= 0.3 is 5.97 Å². The lowest BCUT2D eigenvalue weighted by Crippen LogP contribution is -2.27. The average Bonchev–Trinajstić information content (AvgIpc) is 2.61. The van der Waals surface area contributed by atoms with Crippen LogP contribution in [0.15, 0.2) is 12.1 Å². The van der Waals surface area contributed by atoms with Gasteiger partial charge in [-0.25, -0.2) is 4.79 Å². The molecule has 0 radical (unpaired) electrons. The van der Waals surface area contributed by atoms with Gasteiger partial charge in [-0.2, -0.15) is 0 Å². The van der Waals surface area contributed by atoms with Crippen LogP contribution in [0.3, 0.4) is 0 Å². The smallest absolute Gasteiger partial charge is 0.337 e. The standard InChI is InChI=1S/C13H14BrNO3/c1-7-3-4-10(13(17)18)12(8(7)2)15-6-9(14)5-11(15)16/h3-4,9H,5-6H2,1-2H3,(H,17,18). The first kappa shape index (κ1) is 13.1. The Bertz CT molecular complexity index is 527. The van der Waals surface area contributed by atoms with Crippen molar-refractivity contribution in [1.82, 2.24) is 0 Å². The second kappa shape index (κ2) is 4.72. The van der Waals surface area contributed by atoms with E-state index in [0.29, 0.717) is 18.7 Å². The Hall–Kier alpha value is -1.36. The first-order valence-electron chi connectivity index (χ1n) is 5.69. The molecule has 0 bridgehead atoms. The quantitative estimate of drug-likeness (QED) is 0.854. The van der Waals surface area contributed by atoms with E-state index in [4.69, 9.17) is 0 Å². The number of alkyl halides is 1. The van der Waals surface area contributed by atoms with Crippen molar-refractivity contribution in [1.29, 1.82) is 0 Å². The van der Waals surface area contributed by atoms with Crippen molar-refractivity contribution in [3.05, 3.63) is 28.8 Å². The van der Waals surface area contributed by atoms with Gasteiger partial charge in [0.15, 0.2) is 0 Å². The van der Waals surface area contributed by atoms with Crippen LogP contribution in [0.2, 0.25) is 0 Å². The zero-order chi connectivity index (χ0) is 13.4. The predicted octanol–water partition coefficient (Wildman–Crippen LogP) is 2.50. The van der Waals surface area contributed by atoms with Crippen molar-refractivity contribution >= 4 is 33.5 Å². The molecule has 2 rings (SSSR count). The zero-order valence-electron chi connectivity index (χ0n) is 10.2. The zero-order valence-corrected chi connectivity index (χ0v) is 11.8. The second-order valence-corrected chi connectivity index (χ2v) is 5.81. The molecule has 1 aromatic rings. The summed E-state index contributed by atoms with van der Waals surface area (Å²) in [7, 11) is 0. The number of anilines is 1. The number of carbonyl (C=O) groups excluding carboxylic acids is 1. The van der Waals surface area contributed by atoms with Crippen LogP contribution in [0, 0.1) is 13.8 Å². The SMILES string of the molecule is Cc1ccc(C(=O)O)c(N2CC(Br)CC2=O)c1C. The first-order chi connectivity index (χ1) is 8.41. The molecule has 1 atom stereocenters. The monoisotopic (exact) mass is 311 g/mol. The molecule has 18 heavy (non-hydrogen) atoms. The summed E-state index contributed by atoms with van der Waals surface area (Å²) in [5.74, 6) is -1.04. The minimum atomic E-state index is -1.00. The van der Waals surface area contributed by atoms with Crippen LogP contribution in [-0.4, -0.2) is 28.4 Å². The van der Waals surface area contributed by atoms with E-state index in [0.717, 1.165) is 11.1 Å². The summed E-state index contributed by atoms with van der Waals surface area (Å²) in [5.41, 5.74) is 2.56. The molecule has 1 unspecified atom stereocenters. The number of aromatic carboxylic acids is 1. The maximum absolute atomic E-state index is 11.9. The number of carbonyl (C=O) groups is 2. The normalized spacial score (nSPS) is 19.4. The Morgan fingerprint density at radius 1 is 1.44 bits per heavy atom. The Labute approximate surface area is 114 Å². The van der Waals surface area contributed by atoms with Gasteiger partial charge in [-0.1, -0.05) is 22.0 Å². The average molecular weight is 312 g/mol. The number of carboxylic acids is 1. The summed E-state index contributed by atoms with van der Waals surface area (Å²) in [6.45, 7) is 4.28. The van der Waals surface area contributed by atoms with E-state index in [1.54, 1.807) is 17.0 Å². The highest BCUT2D eigenvalue weighted by molar-refractivity contribution is 9.09. The highest BCUT2D eigenvalue weighted by atomic mass is 79.9. The number of rotatable bonds is 2. The summed E-state index contributed by atoms with van der Waals surface area (Å²) >= 11 is 3.41. The van der Waals surface area contributed by atoms with Crippen LogP contribution >= 0.6 is 15.9 Å². The van der Waals surface area contributed by atoms with E-state index in [2.05, 4.69) is 15.9 Å². The molecule has 0 aromatic heterocycles. The van der Waals surface area contributed by atoms with E-state index < -0.39 is 5.97 Å². The Morgan fingerprint density at radius 3 is 2.61 bits per heavy atom. The van der Waals surface area contributed by atoms with Crippen molar-refractivity contribution in [2.75, 3.05) is 11.4 Å². The van der Waals surface area contributed by atoms with Crippen molar-refractivity contribution in [3.63, 3.8) is 0 Å². The molecule has 4 nitrogen and oxygen atoms in total. The van der Waals surface area contributed by atoms with Crippen molar-refractivity contribution in [3.8, 4) is 0 Å². The largest absolute Gasteiger partial charge is 0.478 e. The van der Waals surface area contributed by atoms with Crippen LogP contribution in [0.1, 0.15) is 27.9 Å². The molecule has 0 saturated carbocycles. The summed E-state index contributed by atoms with van der Waals surface area (Å²) in [5, 5.41) is 9.24. The van der Waals surface area contributed by atoms with Gasteiger partial charge in [0.2, 0.25) is 5.91 Å². The van der Waals surface area contributed by atoms with Crippen molar-refractivity contribution < 1.29 is 14.7 Å². The molecule has 1 heterocycles. The minimum absolute atomic E-state index is 0.0342. The number of hydrogen-bond acceptors (Lipinski definition) is 2. The van der Waals surface area contributed by atoms with E-state index >= 15 is 0 Å². The number of nitrogens with zero attached hydrogens (tertiary/aromatic N) is 1. The fraction of sp³-hybridized carbons (Fsp3) is 0.385. The Balaban J connectivity index is 2.58. The minimum Gasteiger partial charge on any atom is -0.478 e. The second-order valence-electron chi connectivity index (χ2n) is 4.51. The van der Waals surface area contributed by atoms with Crippen LogP contribution in [0.5, 0.6) is 0 Å². The third-order valence-electron chi connectivity index (χ3n) is 3.28. The molecule has 1 saturated heterocycles. The van der Waals surface area contributed by atoms with Crippen LogP contribution in [-0.2, 0) is 4.79 Å². The highest BCUT2D eigenvalue weighted by Gasteiger charge is 2.32. The number of amides is 1. The third kappa shape index (κ3) is 2.14. The van der Waals surface area contributed by atoms with E-state index in [1.807, 2.05) is 13.8 Å². The molecule has 1 fully saturated rings. The van der Waals surface area contributed by atoms with Gasteiger partial charge in [0.05, 0.1) is 11.3 Å². The van der Waals surface area contributed by atoms with Gasteiger partial charge in [-0.3, -0.25) is 4.79 Å². The lowest BCUT2D eigenvalue weighted by molar-refractivity contribution is -0.117. The summed E-state index contributed by atoms with van der Waals surface area (Å²) in [6, 6.07) is 3.34. The Kier molecular flexibility index (Phi) is 3.43. The summed E-state index contributed by atoms with van der Waals surface area (Å²) in [4.78, 5) is 24.9. The number of benzene rings is 1. The molecular weight excluding hydrogens is 298 g/mol. The highest BCUT2D eigenvalue weighted by Crippen LogP contribution is 2.32. The molecule has 1 aliphatic heterocycles. The maximum atomic E-state index is 11.9. The van der Waals surface area contributed by atoms with Gasteiger partial charge in [0.25, 0.3) is 0 Å². The van der Waals surface area contributed by atoms with Gasteiger partial charge in [-0.05, 0) is 31.0 Å². The van der Waals surface area contributed by atoms with E-state index in [-0.39, 0.29) is 16.3 Å². The molecule has 1 amide bonds. The fourth-order valence-corrected chi connectivity index (χ4v) is 2.77. The molecule has 5 heteroatoms. The number of aryl methyl sites for hydroxylation is 1. The number of hydrogen-bond donors (Lipinski definition) is 1. The van der Waals surface area contributed by atoms with E-state index in [9.17, 15) is 14.7 Å².